The van der Waals surface area contributed by atoms with E-state index in [1.165, 1.54) is 19.3 Å². The van der Waals surface area contributed by atoms with Gasteiger partial charge in [-0.05, 0) is 25.1 Å². The lowest BCUT2D eigenvalue weighted by Gasteiger charge is -2.25. The molecule has 1 heterocycles. The van der Waals surface area contributed by atoms with E-state index in [-0.39, 0.29) is 6.42 Å². The van der Waals surface area contributed by atoms with Gasteiger partial charge in [0.2, 0.25) is 0 Å². The average molecular weight is 284 g/mol. The molecule has 6 heteroatoms. The van der Waals surface area contributed by atoms with E-state index in [4.69, 9.17) is 4.42 Å². The van der Waals surface area contributed by atoms with Gasteiger partial charge in [-0.2, -0.15) is 0 Å². The van der Waals surface area contributed by atoms with Crippen molar-refractivity contribution in [3.63, 3.8) is 0 Å². The van der Waals surface area contributed by atoms with Gasteiger partial charge in [0.15, 0.2) is 17.5 Å². The van der Waals surface area contributed by atoms with E-state index in [1.54, 1.807) is 6.07 Å². The van der Waals surface area contributed by atoms with Gasteiger partial charge < -0.3 is 9.52 Å². The maximum atomic E-state index is 13.8. The van der Waals surface area contributed by atoms with E-state index >= 15 is 0 Å². The first-order chi connectivity index (χ1) is 9.36. The summed E-state index contributed by atoms with van der Waals surface area (Å²) in [5, 5.41) is 9.34. The summed E-state index contributed by atoms with van der Waals surface area (Å²) in [7, 11) is 0. The largest absolute Gasteiger partial charge is 0.481 e. The van der Waals surface area contributed by atoms with E-state index in [9.17, 15) is 23.1 Å². The molecular formula is C14H11F3O3. The Kier molecular flexibility index (Phi) is 3.57. The summed E-state index contributed by atoms with van der Waals surface area (Å²) < 4.78 is 45.1. The SMILES string of the molecule is CC(Cc1ccco1)(C(=O)O)c1ccc(F)c(F)c1F. The number of carboxylic acids is 1. The van der Waals surface area contributed by atoms with Crippen LogP contribution in [0.1, 0.15) is 18.2 Å². The van der Waals surface area contributed by atoms with Crippen LogP contribution in [0.3, 0.4) is 0 Å². The average Bonchev–Trinajstić information content (AvgIpc) is 2.88. The summed E-state index contributed by atoms with van der Waals surface area (Å²) in [5.74, 6) is -5.61. The number of hydrogen-bond donors (Lipinski definition) is 1. The van der Waals surface area contributed by atoms with Crippen LogP contribution in [-0.2, 0) is 16.6 Å². The summed E-state index contributed by atoms with van der Waals surface area (Å²) in [4.78, 5) is 11.5. The highest BCUT2D eigenvalue weighted by Crippen LogP contribution is 2.32. The number of carboxylic acid groups (broad SMARTS) is 1. The van der Waals surface area contributed by atoms with Crippen LogP contribution in [0.25, 0.3) is 0 Å². The van der Waals surface area contributed by atoms with Crippen LogP contribution >= 0.6 is 0 Å². The summed E-state index contributed by atoms with van der Waals surface area (Å²) in [6.45, 7) is 1.23. The molecule has 2 rings (SSSR count). The third kappa shape index (κ3) is 2.29. The molecule has 0 saturated carbocycles. The molecule has 0 bridgehead atoms. The molecule has 1 unspecified atom stereocenters. The van der Waals surface area contributed by atoms with Crippen molar-refractivity contribution in [1.82, 2.24) is 0 Å². The van der Waals surface area contributed by atoms with Gasteiger partial charge in [0.1, 0.15) is 5.76 Å². The minimum Gasteiger partial charge on any atom is -0.481 e. The molecule has 0 spiro atoms. The van der Waals surface area contributed by atoms with Crippen LogP contribution in [0.15, 0.2) is 34.9 Å². The first-order valence-electron chi connectivity index (χ1n) is 5.76. The fraction of sp³-hybridized carbons (Fsp3) is 0.214. The first kappa shape index (κ1) is 14.2. The lowest BCUT2D eigenvalue weighted by Crippen LogP contribution is -2.36. The first-order valence-corrected chi connectivity index (χ1v) is 5.76. The van der Waals surface area contributed by atoms with Crippen molar-refractivity contribution >= 4 is 5.97 Å². The topological polar surface area (TPSA) is 50.4 Å². The smallest absolute Gasteiger partial charge is 0.314 e. The van der Waals surface area contributed by atoms with Crippen LogP contribution in [0.5, 0.6) is 0 Å². The maximum absolute atomic E-state index is 13.8. The Bertz CT molecular complexity index is 637. The zero-order valence-corrected chi connectivity index (χ0v) is 10.5. The number of furan rings is 1. The van der Waals surface area contributed by atoms with Gasteiger partial charge in [0.05, 0.1) is 11.7 Å². The molecule has 2 aromatic rings. The van der Waals surface area contributed by atoms with E-state index in [1.807, 2.05) is 0 Å². The van der Waals surface area contributed by atoms with Crippen molar-refractivity contribution in [2.75, 3.05) is 0 Å². The van der Waals surface area contributed by atoms with Crippen molar-refractivity contribution in [2.45, 2.75) is 18.8 Å². The molecule has 1 N–H and O–H groups in total. The number of halogens is 3. The van der Waals surface area contributed by atoms with Crippen molar-refractivity contribution < 1.29 is 27.5 Å². The summed E-state index contributed by atoms with van der Waals surface area (Å²) >= 11 is 0. The van der Waals surface area contributed by atoms with E-state index in [0.717, 1.165) is 6.07 Å². The fourth-order valence-electron chi connectivity index (χ4n) is 2.00. The van der Waals surface area contributed by atoms with Crippen LogP contribution in [0, 0.1) is 17.5 Å². The number of hydrogen-bond acceptors (Lipinski definition) is 2. The van der Waals surface area contributed by atoms with Crippen molar-refractivity contribution in [1.29, 1.82) is 0 Å². The number of benzene rings is 1. The van der Waals surface area contributed by atoms with Gasteiger partial charge in [0.25, 0.3) is 0 Å². The Hall–Kier alpha value is -2.24. The molecule has 20 heavy (non-hydrogen) atoms. The Morgan fingerprint density at radius 1 is 1.25 bits per heavy atom. The van der Waals surface area contributed by atoms with Crippen LogP contribution in [0.2, 0.25) is 0 Å². The molecule has 0 amide bonds. The molecule has 0 aliphatic carbocycles. The zero-order chi connectivity index (χ0) is 14.9. The Morgan fingerprint density at radius 3 is 2.50 bits per heavy atom. The molecule has 0 radical (unpaired) electrons. The number of carbonyl (C=O) groups is 1. The highest BCUT2D eigenvalue weighted by molar-refractivity contribution is 5.81. The maximum Gasteiger partial charge on any atom is 0.314 e. The summed E-state index contributed by atoms with van der Waals surface area (Å²) in [6.07, 6.45) is 1.16. The Balaban J connectivity index is 2.53. The second kappa shape index (κ2) is 5.03. The predicted molar refractivity (Wildman–Crippen MR) is 63.7 cm³/mol. The summed E-state index contributed by atoms with van der Waals surface area (Å²) in [5.41, 5.74) is -2.20. The molecule has 106 valence electrons. The van der Waals surface area contributed by atoms with Crippen molar-refractivity contribution in [3.05, 3.63) is 59.3 Å². The van der Waals surface area contributed by atoms with Gasteiger partial charge in [0, 0.05) is 12.0 Å². The lowest BCUT2D eigenvalue weighted by atomic mass is 9.78. The van der Waals surface area contributed by atoms with Gasteiger partial charge in [-0.15, -0.1) is 0 Å². The van der Waals surface area contributed by atoms with E-state index < -0.39 is 34.4 Å². The highest BCUT2D eigenvalue weighted by atomic mass is 19.2. The summed E-state index contributed by atoms with van der Waals surface area (Å²) in [6, 6.07) is 4.72. The van der Waals surface area contributed by atoms with E-state index in [2.05, 4.69) is 0 Å². The molecule has 0 fully saturated rings. The molecule has 0 aliphatic rings. The molecule has 1 aromatic carbocycles. The second-order valence-corrected chi connectivity index (χ2v) is 4.62. The minimum atomic E-state index is -1.77. The molecule has 0 saturated heterocycles. The number of aliphatic carboxylic acids is 1. The third-order valence-corrected chi connectivity index (χ3v) is 3.21. The Labute approximate surface area is 112 Å². The predicted octanol–water partition coefficient (Wildman–Crippen LogP) is 3.28. The van der Waals surface area contributed by atoms with Crippen molar-refractivity contribution in [2.24, 2.45) is 0 Å². The molecule has 0 aliphatic heterocycles. The standard InChI is InChI=1S/C14H11F3O3/c1-14(13(18)19,7-8-3-2-6-20-8)9-4-5-10(15)12(17)11(9)16/h2-6H,7H2,1H3,(H,18,19). The number of rotatable bonds is 4. The fourth-order valence-corrected chi connectivity index (χ4v) is 2.00. The van der Waals surface area contributed by atoms with Gasteiger partial charge >= 0.3 is 5.97 Å². The Morgan fingerprint density at radius 2 is 1.95 bits per heavy atom. The highest BCUT2D eigenvalue weighted by Gasteiger charge is 2.40. The zero-order valence-electron chi connectivity index (χ0n) is 10.5. The van der Waals surface area contributed by atoms with Gasteiger partial charge in [-0.3, -0.25) is 4.79 Å². The normalized spacial score (nSPS) is 14.0. The van der Waals surface area contributed by atoms with Crippen LogP contribution < -0.4 is 0 Å². The monoisotopic (exact) mass is 284 g/mol. The molecular weight excluding hydrogens is 273 g/mol. The molecule has 1 atom stereocenters. The van der Waals surface area contributed by atoms with Crippen LogP contribution in [-0.4, -0.2) is 11.1 Å². The van der Waals surface area contributed by atoms with Crippen LogP contribution in [0.4, 0.5) is 13.2 Å². The minimum absolute atomic E-state index is 0.183. The lowest BCUT2D eigenvalue weighted by molar-refractivity contribution is -0.143. The van der Waals surface area contributed by atoms with Gasteiger partial charge in [-0.1, -0.05) is 6.07 Å². The van der Waals surface area contributed by atoms with E-state index in [0.29, 0.717) is 11.8 Å². The molecule has 1 aromatic heterocycles. The van der Waals surface area contributed by atoms with Gasteiger partial charge in [-0.25, -0.2) is 13.2 Å². The third-order valence-electron chi connectivity index (χ3n) is 3.21. The quantitative estimate of drug-likeness (QED) is 0.876. The molecule has 3 nitrogen and oxygen atoms in total. The second-order valence-electron chi connectivity index (χ2n) is 4.62. The van der Waals surface area contributed by atoms with Crippen molar-refractivity contribution in [3.8, 4) is 0 Å².